The summed E-state index contributed by atoms with van der Waals surface area (Å²) in [6, 6.07) is 10.6. The second-order valence-electron chi connectivity index (χ2n) is 10.8. The van der Waals surface area contributed by atoms with Crippen LogP contribution in [0.25, 0.3) is 10.9 Å². The number of anilines is 1. The predicted molar refractivity (Wildman–Crippen MR) is 168 cm³/mol. The summed E-state index contributed by atoms with van der Waals surface area (Å²) in [5.41, 5.74) is 6.66. The lowest BCUT2D eigenvalue weighted by Crippen LogP contribution is -2.45. The fourth-order valence-electron chi connectivity index (χ4n) is 5.06. The molecule has 5 rings (SSSR count). The maximum absolute atomic E-state index is 13.9. The zero-order valence-electron chi connectivity index (χ0n) is 24.7. The minimum atomic E-state index is -4.04. The molecule has 1 aromatic heterocycles. The number of nitrogens with two attached hydrogens (primary N) is 1. The van der Waals surface area contributed by atoms with E-state index in [2.05, 4.69) is 15.4 Å². The molecule has 250 valence electrons. The number of sulfonamides is 1. The summed E-state index contributed by atoms with van der Waals surface area (Å²) in [4.78, 5) is 15.9. The Kier molecular flexibility index (Phi) is 9.81. The fourth-order valence-corrected chi connectivity index (χ4v) is 7.09. The lowest BCUT2D eigenvalue weighted by atomic mass is 10.0. The molecule has 1 fully saturated rings. The van der Waals surface area contributed by atoms with E-state index in [1.165, 1.54) is 19.2 Å². The average Bonchev–Trinajstić information content (AvgIpc) is 3.79. The van der Waals surface area contributed by atoms with Crippen LogP contribution < -0.4 is 20.1 Å². The van der Waals surface area contributed by atoms with E-state index in [1.54, 1.807) is 24.3 Å². The number of benzene rings is 3. The Morgan fingerprint density at radius 3 is 2.38 bits per heavy atom. The number of nitrogens with zero attached hydrogens (tertiary/aromatic N) is 4. The summed E-state index contributed by atoms with van der Waals surface area (Å²) in [6.07, 6.45) is -3.95. The van der Waals surface area contributed by atoms with E-state index < -0.39 is 52.0 Å². The second-order valence-corrected chi connectivity index (χ2v) is 13.4. The van der Waals surface area contributed by atoms with Crippen molar-refractivity contribution in [1.82, 2.24) is 15.1 Å². The number of halogens is 5. The highest BCUT2D eigenvalue weighted by Crippen LogP contribution is 2.42. The molecule has 1 saturated carbocycles. The second kappa shape index (κ2) is 13.7. The summed E-state index contributed by atoms with van der Waals surface area (Å²) in [5, 5.41) is 15.2. The van der Waals surface area contributed by atoms with Crippen molar-refractivity contribution in [2.45, 2.75) is 50.1 Å². The van der Waals surface area contributed by atoms with Gasteiger partial charge in [-0.1, -0.05) is 23.7 Å². The number of nitrogens with one attached hydrogen (secondary N) is 1. The Balaban J connectivity index is 1.65. The van der Waals surface area contributed by atoms with Crippen LogP contribution in [-0.2, 0) is 29.5 Å². The van der Waals surface area contributed by atoms with Crippen LogP contribution in [-0.4, -0.2) is 60.1 Å². The van der Waals surface area contributed by atoms with Crippen LogP contribution in [0.5, 0.6) is 5.75 Å². The first-order valence-corrected chi connectivity index (χ1v) is 16.0. The number of amidine groups is 1. The van der Waals surface area contributed by atoms with Crippen LogP contribution in [0.3, 0.4) is 0 Å². The van der Waals surface area contributed by atoms with Crippen molar-refractivity contribution in [1.29, 1.82) is 0 Å². The topological polar surface area (TPSA) is 152 Å². The fraction of sp³-hybridized carbons (Fsp3) is 0.300. The molecule has 0 bridgehead atoms. The molecule has 1 aliphatic rings. The normalized spacial score (nSPS) is 14.4. The van der Waals surface area contributed by atoms with Crippen molar-refractivity contribution in [3.05, 3.63) is 82.4 Å². The molecule has 1 atom stereocenters. The van der Waals surface area contributed by atoms with Gasteiger partial charge in [0.25, 0.3) is 6.43 Å². The smallest absolute Gasteiger partial charge is 0.405 e. The SMILES string of the molecule is COc1ccc(CN(c2nn(CC(F)F)c3c(N=C(N)C(Cc4cc(F)cc(F)c4)NC(=O)O)ccc(Cl)c23)S(=O)(=O)C2CC2)cc1. The van der Waals surface area contributed by atoms with E-state index in [0.29, 0.717) is 30.2 Å². The standard InChI is InChI=1S/C30H29ClF4N6O5S/c1-46-20-4-2-16(3-5-20)14-41(47(44,45)21-6-7-21)29-26-22(31)8-9-23(27(26)40(39-29)15-25(34)35)37-28(36)24(38-30(42)43)12-17-10-18(32)13-19(33)11-17/h2-5,8-11,13,21,24-25,38H,6-7,12,14-15H2,1H3,(H2,36,37)(H,42,43). The number of methoxy groups -OCH3 is 1. The number of aromatic nitrogens is 2. The summed E-state index contributed by atoms with van der Waals surface area (Å²) < 4.78 is 90.1. The van der Waals surface area contributed by atoms with Gasteiger partial charge in [0.05, 0.1) is 46.6 Å². The number of amides is 1. The Labute approximate surface area is 271 Å². The first-order valence-electron chi connectivity index (χ1n) is 14.2. The third-order valence-electron chi connectivity index (χ3n) is 7.35. The van der Waals surface area contributed by atoms with Gasteiger partial charge in [0.2, 0.25) is 10.0 Å². The molecular weight excluding hydrogens is 668 g/mol. The van der Waals surface area contributed by atoms with Gasteiger partial charge in [-0.2, -0.15) is 5.10 Å². The van der Waals surface area contributed by atoms with Gasteiger partial charge in [-0.15, -0.1) is 0 Å². The summed E-state index contributed by atoms with van der Waals surface area (Å²) in [5.74, 6) is -1.84. The largest absolute Gasteiger partial charge is 0.497 e. The van der Waals surface area contributed by atoms with E-state index in [4.69, 9.17) is 22.1 Å². The summed E-state index contributed by atoms with van der Waals surface area (Å²) >= 11 is 6.60. The lowest BCUT2D eigenvalue weighted by molar-refractivity contribution is 0.123. The predicted octanol–water partition coefficient (Wildman–Crippen LogP) is 5.61. The molecule has 0 radical (unpaired) electrons. The summed E-state index contributed by atoms with van der Waals surface area (Å²) in [7, 11) is -2.56. The van der Waals surface area contributed by atoms with E-state index in [9.17, 15) is 35.9 Å². The van der Waals surface area contributed by atoms with Crippen LogP contribution in [0.2, 0.25) is 5.02 Å². The first kappa shape index (κ1) is 33.8. The highest BCUT2D eigenvalue weighted by Gasteiger charge is 2.42. The van der Waals surface area contributed by atoms with Gasteiger partial charge in [-0.25, -0.2) is 40.1 Å². The Morgan fingerprint density at radius 1 is 1.15 bits per heavy atom. The maximum Gasteiger partial charge on any atom is 0.405 e. The third kappa shape index (κ3) is 7.71. The summed E-state index contributed by atoms with van der Waals surface area (Å²) in [6.45, 7) is -1.18. The van der Waals surface area contributed by atoms with E-state index in [-0.39, 0.29) is 51.8 Å². The maximum atomic E-state index is 13.9. The zero-order valence-corrected chi connectivity index (χ0v) is 26.3. The Hall–Kier alpha value is -4.57. The van der Waals surface area contributed by atoms with Crippen molar-refractivity contribution in [3.8, 4) is 5.75 Å². The van der Waals surface area contributed by atoms with Crippen molar-refractivity contribution < 1.29 is 40.6 Å². The number of alkyl halides is 2. The van der Waals surface area contributed by atoms with Crippen LogP contribution in [0.4, 0.5) is 33.9 Å². The number of hydrogen-bond acceptors (Lipinski definition) is 6. The molecule has 47 heavy (non-hydrogen) atoms. The van der Waals surface area contributed by atoms with Crippen molar-refractivity contribution in [2.24, 2.45) is 10.7 Å². The van der Waals surface area contributed by atoms with E-state index in [1.807, 2.05) is 0 Å². The molecule has 4 aromatic rings. The number of ether oxygens (including phenoxy) is 1. The van der Waals surface area contributed by atoms with Crippen molar-refractivity contribution in [3.63, 3.8) is 0 Å². The number of hydrogen-bond donors (Lipinski definition) is 3. The number of fused-ring (bicyclic) bond motifs is 1. The molecule has 4 N–H and O–H groups in total. The van der Waals surface area contributed by atoms with E-state index >= 15 is 0 Å². The lowest BCUT2D eigenvalue weighted by Gasteiger charge is -2.23. The molecule has 0 aliphatic heterocycles. The van der Waals surface area contributed by atoms with Crippen LogP contribution in [0.15, 0.2) is 59.6 Å². The van der Waals surface area contributed by atoms with Crippen LogP contribution >= 0.6 is 11.6 Å². The van der Waals surface area contributed by atoms with Gasteiger partial charge in [0.15, 0.2) is 5.82 Å². The number of aliphatic imine (C=N–C) groups is 1. The minimum absolute atomic E-state index is 0.00551. The molecule has 1 amide bonds. The Bertz CT molecular complexity index is 1920. The molecule has 11 nitrogen and oxygen atoms in total. The zero-order chi connectivity index (χ0) is 34.0. The van der Waals surface area contributed by atoms with Gasteiger partial charge in [-0.05, 0) is 60.4 Å². The highest BCUT2D eigenvalue weighted by molar-refractivity contribution is 7.93. The van der Waals surface area contributed by atoms with Gasteiger partial charge in [-0.3, -0.25) is 4.68 Å². The van der Waals surface area contributed by atoms with Gasteiger partial charge in [0.1, 0.15) is 29.8 Å². The Morgan fingerprint density at radius 2 is 1.81 bits per heavy atom. The van der Waals surface area contributed by atoms with E-state index in [0.717, 1.165) is 21.1 Å². The monoisotopic (exact) mass is 696 g/mol. The molecule has 0 saturated heterocycles. The quantitative estimate of drug-likeness (QED) is 0.0934. The van der Waals surface area contributed by atoms with Gasteiger partial charge < -0.3 is 20.9 Å². The molecule has 0 spiro atoms. The third-order valence-corrected chi connectivity index (χ3v) is 9.90. The number of carboxylic acid groups (broad SMARTS) is 1. The molecule has 3 aromatic carbocycles. The molecule has 1 heterocycles. The molecule has 1 unspecified atom stereocenters. The highest BCUT2D eigenvalue weighted by atomic mass is 35.5. The van der Waals surface area contributed by atoms with Gasteiger partial charge in [0, 0.05) is 12.5 Å². The van der Waals surface area contributed by atoms with Crippen molar-refractivity contribution >= 4 is 56.0 Å². The van der Waals surface area contributed by atoms with Crippen molar-refractivity contribution in [2.75, 3.05) is 11.4 Å². The average molecular weight is 697 g/mol. The molecule has 1 aliphatic carbocycles. The molecule has 17 heteroatoms. The number of rotatable bonds is 13. The van der Waals surface area contributed by atoms with Gasteiger partial charge >= 0.3 is 6.09 Å². The first-order chi connectivity index (χ1) is 22.3. The van der Waals surface area contributed by atoms with Crippen LogP contribution in [0, 0.1) is 11.6 Å². The number of carbonyl (C=O) groups is 1. The van der Waals surface area contributed by atoms with Crippen LogP contribution in [0.1, 0.15) is 24.0 Å². The minimum Gasteiger partial charge on any atom is -0.497 e. The molecular formula is C30H29ClF4N6O5S.